The fourth-order valence-corrected chi connectivity index (χ4v) is 1.77. The third-order valence-corrected chi connectivity index (χ3v) is 2.89. The van der Waals surface area contributed by atoms with Crippen LogP contribution in [0.1, 0.15) is 21.6 Å². The van der Waals surface area contributed by atoms with E-state index in [2.05, 4.69) is 15.3 Å². The molecule has 0 saturated carbocycles. The Labute approximate surface area is 124 Å². The van der Waals surface area contributed by atoms with Gasteiger partial charge in [0.2, 0.25) is 0 Å². The van der Waals surface area contributed by atoms with Crippen LogP contribution in [0.25, 0.3) is 0 Å². The molecule has 0 fully saturated rings. The van der Waals surface area contributed by atoms with E-state index in [-0.39, 0.29) is 5.69 Å². The van der Waals surface area contributed by atoms with E-state index in [1.54, 1.807) is 0 Å². The number of anilines is 1. The zero-order valence-corrected chi connectivity index (χ0v) is 11.4. The van der Waals surface area contributed by atoms with Crippen molar-refractivity contribution in [2.24, 2.45) is 5.73 Å². The highest BCUT2D eigenvalue weighted by molar-refractivity contribution is 5.90. The Kier molecular flexibility index (Phi) is 4.59. The number of primary amides is 1. The molecule has 2 aromatic rings. The first kappa shape index (κ1) is 15.7. The minimum atomic E-state index is -4.33. The van der Waals surface area contributed by atoms with E-state index >= 15 is 0 Å². The molecule has 0 spiro atoms. The summed E-state index contributed by atoms with van der Waals surface area (Å²) in [4.78, 5) is 18.7. The van der Waals surface area contributed by atoms with E-state index < -0.39 is 17.6 Å². The molecule has 1 aromatic heterocycles. The Balaban J connectivity index is 1.91. The second kappa shape index (κ2) is 6.42. The highest BCUT2D eigenvalue weighted by atomic mass is 19.4. The van der Waals surface area contributed by atoms with Crippen LogP contribution in [0.3, 0.4) is 0 Å². The lowest BCUT2D eigenvalue weighted by molar-refractivity contribution is -0.137. The SMILES string of the molecule is NC(=O)c1cncc(NCCc2ccc(C(F)(F)F)cc2)n1. The van der Waals surface area contributed by atoms with Gasteiger partial charge < -0.3 is 11.1 Å². The maximum Gasteiger partial charge on any atom is 0.416 e. The van der Waals surface area contributed by atoms with Crippen molar-refractivity contribution in [3.63, 3.8) is 0 Å². The van der Waals surface area contributed by atoms with Crippen molar-refractivity contribution >= 4 is 11.7 Å². The van der Waals surface area contributed by atoms with Crippen LogP contribution in [0, 0.1) is 0 Å². The number of carbonyl (C=O) groups excluding carboxylic acids is 1. The number of amides is 1. The maximum absolute atomic E-state index is 12.4. The van der Waals surface area contributed by atoms with Crippen LogP contribution in [0.5, 0.6) is 0 Å². The van der Waals surface area contributed by atoms with Crippen molar-refractivity contribution in [2.75, 3.05) is 11.9 Å². The zero-order chi connectivity index (χ0) is 16.2. The van der Waals surface area contributed by atoms with Crippen LogP contribution in [0.4, 0.5) is 19.0 Å². The number of benzene rings is 1. The van der Waals surface area contributed by atoms with Gasteiger partial charge in [0.25, 0.3) is 5.91 Å². The standard InChI is InChI=1S/C14H13F3N4O/c15-14(16,17)10-3-1-9(2-4-10)5-6-20-12-8-19-7-11(21-12)13(18)22/h1-4,7-8H,5-6H2,(H2,18,22)(H,20,21). The summed E-state index contributed by atoms with van der Waals surface area (Å²) >= 11 is 0. The molecule has 1 amide bonds. The first-order chi connectivity index (χ1) is 10.4. The van der Waals surface area contributed by atoms with Gasteiger partial charge in [-0.2, -0.15) is 13.2 Å². The van der Waals surface area contributed by atoms with Gasteiger partial charge in [-0.3, -0.25) is 9.78 Å². The van der Waals surface area contributed by atoms with Crippen LogP contribution in [0.15, 0.2) is 36.7 Å². The molecule has 1 heterocycles. The number of alkyl halides is 3. The lowest BCUT2D eigenvalue weighted by Crippen LogP contribution is -2.15. The van der Waals surface area contributed by atoms with Crippen LogP contribution in [0.2, 0.25) is 0 Å². The predicted octanol–water partition coefficient (Wildman–Crippen LogP) is 2.25. The number of nitrogens with two attached hydrogens (primary N) is 1. The normalized spacial score (nSPS) is 11.2. The summed E-state index contributed by atoms with van der Waals surface area (Å²) in [5.41, 5.74) is 5.20. The lowest BCUT2D eigenvalue weighted by atomic mass is 10.1. The summed E-state index contributed by atoms with van der Waals surface area (Å²) in [6, 6.07) is 4.94. The fourth-order valence-electron chi connectivity index (χ4n) is 1.77. The van der Waals surface area contributed by atoms with Gasteiger partial charge in [0.05, 0.1) is 18.0 Å². The Morgan fingerprint density at radius 3 is 2.45 bits per heavy atom. The van der Waals surface area contributed by atoms with Gasteiger partial charge in [-0.05, 0) is 24.1 Å². The van der Waals surface area contributed by atoms with Crippen molar-refractivity contribution < 1.29 is 18.0 Å². The molecule has 0 atom stereocenters. The maximum atomic E-state index is 12.4. The van der Waals surface area contributed by atoms with Crippen LogP contribution < -0.4 is 11.1 Å². The smallest absolute Gasteiger partial charge is 0.368 e. The second-order valence-electron chi connectivity index (χ2n) is 4.53. The van der Waals surface area contributed by atoms with Crippen molar-refractivity contribution in [1.29, 1.82) is 0 Å². The molecule has 0 aliphatic rings. The van der Waals surface area contributed by atoms with Crippen molar-refractivity contribution in [3.05, 3.63) is 53.5 Å². The molecule has 5 nitrogen and oxygen atoms in total. The molecule has 22 heavy (non-hydrogen) atoms. The van der Waals surface area contributed by atoms with Crippen LogP contribution in [-0.4, -0.2) is 22.4 Å². The lowest BCUT2D eigenvalue weighted by Gasteiger charge is -2.08. The summed E-state index contributed by atoms with van der Waals surface area (Å²) in [6.07, 6.45) is -1.15. The molecule has 0 unspecified atom stereocenters. The van der Waals surface area contributed by atoms with Crippen molar-refractivity contribution in [1.82, 2.24) is 9.97 Å². The van der Waals surface area contributed by atoms with Gasteiger partial charge in [-0.1, -0.05) is 12.1 Å². The van der Waals surface area contributed by atoms with Gasteiger partial charge in [0, 0.05) is 6.54 Å². The molecule has 0 aliphatic heterocycles. The summed E-state index contributed by atoms with van der Waals surface area (Å²) in [5.74, 6) is -0.304. The monoisotopic (exact) mass is 310 g/mol. The number of carbonyl (C=O) groups is 1. The van der Waals surface area contributed by atoms with Gasteiger partial charge in [-0.25, -0.2) is 4.98 Å². The Hall–Kier alpha value is -2.64. The number of hydrogen-bond donors (Lipinski definition) is 2. The summed E-state index contributed by atoms with van der Waals surface area (Å²) in [7, 11) is 0. The minimum absolute atomic E-state index is 0.0412. The molecule has 0 bridgehead atoms. The predicted molar refractivity (Wildman–Crippen MR) is 74.2 cm³/mol. The van der Waals surface area contributed by atoms with E-state index in [0.29, 0.717) is 18.8 Å². The van der Waals surface area contributed by atoms with Gasteiger partial charge in [-0.15, -0.1) is 0 Å². The van der Waals surface area contributed by atoms with Crippen molar-refractivity contribution in [3.8, 4) is 0 Å². The van der Waals surface area contributed by atoms with Crippen molar-refractivity contribution in [2.45, 2.75) is 12.6 Å². The molecular weight excluding hydrogens is 297 g/mol. The van der Waals surface area contributed by atoms with E-state index in [0.717, 1.165) is 17.7 Å². The minimum Gasteiger partial charge on any atom is -0.368 e. The summed E-state index contributed by atoms with van der Waals surface area (Å²) < 4.78 is 37.3. The molecule has 0 radical (unpaired) electrons. The third kappa shape index (κ3) is 4.18. The molecule has 116 valence electrons. The number of rotatable bonds is 5. The second-order valence-corrected chi connectivity index (χ2v) is 4.53. The highest BCUT2D eigenvalue weighted by Gasteiger charge is 2.29. The zero-order valence-electron chi connectivity index (χ0n) is 11.4. The van der Waals surface area contributed by atoms with E-state index in [9.17, 15) is 18.0 Å². The number of halogens is 3. The fraction of sp³-hybridized carbons (Fsp3) is 0.214. The third-order valence-electron chi connectivity index (χ3n) is 2.89. The van der Waals surface area contributed by atoms with Crippen LogP contribution in [-0.2, 0) is 12.6 Å². The average Bonchev–Trinajstić information content (AvgIpc) is 2.47. The van der Waals surface area contributed by atoms with E-state index in [1.807, 2.05) is 0 Å². The van der Waals surface area contributed by atoms with Gasteiger partial charge >= 0.3 is 6.18 Å². The Bertz CT molecular complexity index is 656. The number of aromatic nitrogens is 2. The number of nitrogens with one attached hydrogen (secondary N) is 1. The quantitative estimate of drug-likeness (QED) is 0.887. The summed E-state index contributed by atoms with van der Waals surface area (Å²) in [5, 5.41) is 2.93. The molecule has 3 N–H and O–H groups in total. The van der Waals surface area contributed by atoms with Gasteiger partial charge in [0.1, 0.15) is 11.5 Å². The van der Waals surface area contributed by atoms with Gasteiger partial charge in [0.15, 0.2) is 0 Å². The van der Waals surface area contributed by atoms with Crippen LogP contribution >= 0.6 is 0 Å². The Morgan fingerprint density at radius 1 is 1.18 bits per heavy atom. The molecule has 0 aliphatic carbocycles. The molecule has 0 saturated heterocycles. The molecule has 2 rings (SSSR count). The van der Waals surface area contributed by atoms with E-state index in [1.165, 1.54) is 24.5 Å². The average molecular weight is 310 g/mol. The Morgan fingerprint density at radius 2 is 1.86 bits per heavy atom. The molecular formula is C14H13F3N4O. The number of nitrogens with zero attached hydrogens (tertiary/aromatic N) is 2. The summed E-state index contributed by atoms with van der Waals surface area (Å²) in [6.45, 7) is 0.433. The topological polar surface area (TPSA) is 80.9 Å². The molecule has 1 aromatic carbocycles. The largest absolute Gasteiger partial charge is 0.416 e. The van der Waals surface area contributed by atoms with E-state index in [4.69, 9.17) is 5.73 Å². The number of hydrogen-bond acceptors (Lipinski definition) is 4. The molecule has 8 heteroatoms. The first-order valence-electron chi connectivity index (χ1n) is 6.38. The highest BCUT2D eigenvalue weighted by Crippen LogP contribution is 2.29. The first-order valence-corrected chi connectivity index (χ1v) is 6.38.